The summed E-state index contributed by atoms with van der Waals surface area (Å²) in [6, 6.07) is 2.09. The molecule has 2 amide bonds. The van der Waals surface area contributed by atoms with Crippen LogP contribution in [0.1, 0.15) is 18.6 Å². The van der Waals surface area contributed by atoms with Crippen LogP contribution in [0, 0.1) is 0 Å². The standard InChI is InChI=1S/C13H11BrN2O5S2/c14-9-3-1-6(21-9)5-8-11(18)16(13(22)23-8)7(12(19)20)2-4-10(15)17/h1,3,5,7H,2,4H2,(H2,15,17)(H,19,20)/b8-5+. The van der Waals surface area contributed by atoms with Crippen LogP contribution in [0.2, 0.25) is 0 Å². The summed E-state index contributed by atoms with van der Waals surface area (Å²) in [5.74, 6) is -1.99. The van der Waals surface area contributed by atoms with Crippen molar-refractivity contribution in [3.63, 3.8) is 0 Å². The molecule has 1 atom stereocenters. The molecule has 1 unspecified atom stereocenters. The number of hydrogen-bond donors (Lipinski definition) is 2. The third-order valence-electron chi connectivity index (χ3n) is 2.95. The number of nitrogens with zero attached hydrogens (tertiary/aromatic N) is 1. The number of nitrogens with two attached hydrogens (primary N) is 1. The Morgan fingerprint density at radius 1 is 1.52 bits per heavy atom. The summed E-state index contributed by atoms with van der Waals surface area (Å²) in [6.45, 7) is 0. The van der Waals surface area contributed by atoms with Gasteiger partial charge < -0.3 is 15.3 Å². The molecule has 1 aromatic rings. The van der Waals surface area contributed by atoms with Gasteiger partial charge in [0.15, 0.2) is 4.67 Å². The summed E-state index contributed by atoms with van der Waals surface area (Å²) in [6.07, 6.45) is 1.23. The third-order valence-corrected chi connectivity index (χ3v) is 4.71. The predicted molar refractivity (Wildman–Crippen MR) is 91.3 cm³/mol. The Bertz CT molecular complexity index is 715. The van der Waals surface area contributed by atoms with E-state index in [1.165, 1.54) is 6.08 Å². The fourth-order valence-corrected chi connectivity index (χ4v) is 3.58. The van der Waals surface area contributed by atoms with Gasteiger partial charge in [0.05, 0.1) is 4.91 Å². The van der Waals surface area contributed by atoms with Gasteiger partial charge in [-0.25, -0.2) is 4.79 Å². The van der Waals surface area contributed by atoms with Crippen molar-refractivity contribution < 1.29 is 23.9 Å². The summed E-state index contributed by atoms with van der Waals surface area (Å²) in [5, 5.41) is 9.30. The van der Waals surface area contributed by atoms with E-state index in [9.17, 15) is 19.5 Å². The minimum Gasteiger partial charge on any atom is -0.480 e. The minimum absolute atomic E-state index is 0.101. The van der Waals surface area contributed by atoms with Crippen molar-refractivity contribution in [1.82, 2.24) is 4.90 Å². The molecule has 3 N–H and O–H groups in total. The SMILES string of the molecule is NC(=O)CCC(C(=O)O)N1C(=O)/C(=C\c2ccc(Br)o2)SC1=S. The van der Waals surface area contributed by atoms with Crippen LogP contribution in [0.25, 0.3) is 6.08 Å². The first-order valence-corrected chi connectivity index (χ1v) is 8.35. The number of carbonyl (C=O) groups is 3. The quantitative estimate of drug-likeness (QED) is 0.535. The zero-order valence-electron chi connectivity index (χ0n) is 11.5. The van der Waals surface area contributed by atoms with E-state index in [-0.39, 0.29) is 22.1 Å². The molecule has 0 saturated carbocycles. The van der Waals surface area contributed by atoms with Crippen molar-refractivity contribution in [1.29, 1.82) is 0 Å². The molecule has 1 saturated heterocycles. The lowest BCUT2D eigenvalue weighted by atomic mass is 10.1. The number of aliphatic carboxylic acids is 1. The van der Waals surface area contributed by atoms with E-state index >= 15 is 0 Å². The fraction of sp³-hybridized carbons (Fsp3) is 0.231. The molecule has 1 aromatic heterocycles. The van der Waals surface area contributed by atoms with Crippen molar-refractivity contribution in [2.75, 3.05) is 0 Å². The minimum atomic E-state index is -1.25. The maximum Gasteiger partial charge on any atom is 0.326 e. The monoisotopic (exact) mass is 418 g/mol. The number of amides is 2. The van der Waals surface area contributed by atoms with Gasteiger partial charge in [0, 0.05) is 12.5 Å². The van der Waals surface area contributed by atoms with Gasteiger partial charge in [-0.05, 0) is 34.5 Å². The van der Waals surface area contributed by atoms with Crippen LogP contribution in [0.4, 0.5) is 0 Å². The Morgan fingerprint density at radius 2 is 2.22 bits per heavy atom. The van der Waals surface area contributed by atoms with E-state index in [0.29, 0.717) is 10.4 Å². The molecule has 2 rings (SSSR count). The average Bonchev–Trinajstić information content (AvgIpc) is 2.96. The van der Waals surface area contributed by atoms with Gasteiger partial charge in [-0.1, -0.05) is 24.0 Å². The Kier molecular flexibility index (Phi) is 5.60. The molecule has 2 heterocycles. The van der Waals surface area contributed by atoms with Gasteiger partial charge in [-0.2, -0.15) is 0 Å². The second-order valence-corrected chi connectivity index (χ2v) is 7.01. The first-order chi connectivity index (χ1) is 10.8. The topological polar surface area (TPSA) is 114 Å². The molecule has 1 aliphatic rings. The molecular weight excluding hydrogens is 408 g/mol. The van der Waals surface area contributed by atoms with E-state index in [1.807, 2.05) is 0 Å². The largest absolute Gasteiger partial charge is 0.480 e. The normalized spacial score (nSPS) is 17.8. The number of halogens is 1. The predicted octanol–water partition coefficient (Wildman–Crippen LogP) is 1.96. The molecule has 23 heavy (non-hydrogen) atoms. The number of carbonyl (C=O) groups excluding carboxylic acids is 2. The smallest absolute Gasteiger partial charge is 0.326 e. The molecule has 0 aliphatic carbocycles. The molecule has 7 nitrogen and oxygen atoms in total. The van der Waals surface area contributed by atoms with Crippen LogP contribution < -0.4 is 5.73 Å². The van der Waals surface area contributed by atoms with Gasteiger partial charge in [0.2, 0.25) is 5.91 Å². The van der Waals surface area contributed by atoms with E-state index in [2.05, 4.69) is 15.9 Å². The molecule has 10 heteroatoms. The number of thioether (sulfide) groups is 1. The van der Waals surface area contributed by atoms with Gasteiger partial charge in [-0.3, -0.25) is 14.5 Å². The number of furan rings is 1. The summed E-state index contributed by atoms with van der Waals surface area (Å²) < 4.78 is 5.90. The van der Waals surface area contributed by atoms with Crippen molar-refractivity contribution in [2.45, 2.75) is 18.9 Å². The van der Waals surface area contributed by atoms with Crippen LogP contribution in [-0.4, -0.2) is 38.2 Å². The summed E-state index contributed by atoms with van der Waals surface area (Å²) in [4.78, 5) is 36.0. The highest BCUT2D eigenvalue weighted by Crippen LogP contribution is 2.35. The number of thiocarbonyl (C=S) groups is 1. The molecule has 0 radical (unpaired) electrons. The van der Waals surface area contributed by atoms with Crippen molar-refractivity contribution in [3.05, 3.63) is 27.5 Å². The summed E-state index contributed by atoms with van der Waals surface area (Å²) in [7, 11) is 0. The second kappa shape index (κ2) is 7.28. The Hall–Kier alpha value is -1.65. The van der Waals surface area contributed by atoms with Crippen LogP contribution >= 0.6 is 39.9 Å². The lowest BCUT2D eigenvalue weighted by Gasteiger charge is -2.22. The number of hydrogen-bond acceptors (Lipinski definition) is 6. The average molecular weight is 419 g/mol. The van der Waals surface area contributed by atoms with E-state index < -0.39 is 23.8 Å². The summed E-state index contributed by atoms with van der Waals surface area (Å²) in [5.41, 5.74) is 5.04. The molecule has 0 spiro atoms. The van der Waals surface area contributed by atoms with E-state index in [0.717, 1.165) is 16.7 Å². The van der Waals surface area contributed by atoms with Gasteiger partial charge >= 0.3 is 5.97 Å². The van der Waals surface area contributed by atoms with Crippen molar-refractivity contribution >= 4 is 68.1 Å². The lowest BCUT2D eigenvalue weighted by Crippen LogP contribution is -2.44. The molecule has 1 aliphatic heterocycles. The molecular formula is C13H11BrN2O5S2. The second-order valence-electron chi connectivity index (χ2n) is 4.55. The van der Waals surface area contributed by atoms with Crippen LogP contribution in [0.5, 0.6) is 0 Å². The Labute approximate surface area is 149 Å². The molecule has 1 fully saturated rings. The highest BCUT2D eigenvalue weighted by Gasteiger charge is 2.40. The van der Waals surface area contributed by atoms with Crippen molar-refractivity contribution in [2.24, 2.45) is 5.73 Å². The van der Waals surface area contributed by atoms with Crippen LogP contribution in [0.3, 0.4) is 0 Å². The molecule has 122 valence electrons. The zero-order valence-corrected chi connectivity index (χ0v) is 14.7. The zero-order chi connectivity index (χ0) is 17.1. The number of carboxylic acids is 1. The summed E-state index contributed by atoms with van der Waals surface area (Å²) >= 11 is 9.23. The van der Waals surface area contributed by atoms with E-state index in [4.69, 9.17) is 22.4 Å². The lowest BCUT2D eigenvalue weighted by molar-refractivity contribution is -0.145. The maximum atomic E-state index is 12.4. The fourth-order valence-electron chi connectivity index (χ4n) is 1.93. The Balaban J connectivity index is 2.24. The highest BCUT2D eigenvalue weighted by atomic mass is 79.9. The number of primary amides is 1. The van der Waals surface area contributed by atoms with Crippen LogP contribution in [-0.2, 0) is 14.4 Å². The first-order valence-electron chi connectivity index (χ1n) is 6.33. The van der Waals surface area contributed by atoms with Crippen LogP contribution in [0.15, 0.2) is 26.1 Å². The number of rotatable bonds is 6. The first kappa shape index (κ1) is 17.7. The van der Waals surface area contributed by atoms with Crippen molar-refractivity contribution in [3.8, 4) is 0 Å². The van der Waals surface area contributed by atoms with E-state index in [1.54, 1.807) is 12.1 Å². The highest BCUT2D eigenvalue weighted by molar-refractivity contribution is 9.10. The van der Waals surface area contributed by atoms with Gasteiger partial charge in [-0.15, -0.1) is 0 Å². The number of carboxylic acid groups (broad SMARTS) is 1. The molecule has 0 aromatic carbocycles. The maximum absolute atomic E-state index is 12.4. The molecule has 0 bridgehead atoms. The third kappa shape index (κ3) is 4.21. The van der Waals surface area contributed by atoms with Gasteiger partial charge in [0.1, 0.15) is 16.1 Å². The Morgan fingerprint density at radius 3 is 2.74 bits per heavy atom. The van der Waals surface area contributed by atoms with Gasteiger partial charge in [0.25, 0.3) is 5.91 Å².